The lowest BCUT2D eigenvalue weighted by molar-refractivity contribution is 0.0947. The van der Waals surface area contributed by atoms with Gasteiger partial charge < -0.3 is 9.84 Å². The Morgan fingerprint density at radius 1 is 1.19 bits per heavy atom. The van der Waals surface area contributed by atoms with Crippen molar-refractivity contribution in [2.24, 2.45) is 0 Å². The van der Waals surface area contributed by atoms with Crippen LogP contribution in [-0.2, 0) is 12.0 Å². The number of rotatable bonds is 3. The fourth-order valence-corrected chi connectivity index (χ4v) is 2.13. The van der Waals surface area contributed by atoms with Crippen LogP contribution in [0.2, 0.25) is 0 Å². The second kappa shape index (κ2) is 5.72. The number of aryl methyl sites for hydroxylation is 2. The molecule has 0 spiro atoms. The van der Waals surface area contributed by atoms with Crippen LogP contribution in [0.25, 0.3) is 0 Å². The molecule has 0 atom stereocenters. The van der Waals surface area contributed by atoms with E-state index in [1.807, 2.05) is 52.0 Å². The molecular weight excluding hydrogens is 264 g/mol. The minimum absolute atomic E-state index is 0.140. The van der Waals surface area contributed by atoms with Gasteiger partial charge in [-0.05, 0) is 19.4 Å². The Hall–Kier alpha value is -2.10. The molecule has 1 N–H and O–H groups in total. The highest BCUT2D eigenvalue weighted by atomic mass is 16.5. The maximum Gasteiger partial charge on any atom is 0.257 e. The smallest absolute Gasteiger partial charge is 0.257 e. The summed E-state index contributed by atoms with van der Waals surface area (Å²) >= 11 is 0. The van der Waals surface area contributed by atoms with Crippen LogP contribution in [0, 0.1) is 13.8 Å². The van der Waals surface area contributed by atoms with Gasteiger partial charge in [-0.2, -0.15) is 0 Å². The van der Waals surface area contributed by atoms with Gasteiger partial charge in [0.15, 0.2) is 0 Å². The van der Waals surface area contributed by atoms with Crippen LogP contribution in [0.15, 0.2) is 28.8 Å². The first kappa shape index (κ1) is 15.3. The van der Waals surface area contributed by atoms with Crippen molar-refractivity contribution in [1.82, 2.24) is 10.5 Å². The molecule has 0 bridgehead atoms. The zero-order valence-corrected chi connectivity index (χ0v) is 13.3. The Morgan fingerprint density at radius 3 is 2.38 bits per heavy atom. The van der Waals surface area contributed by atoms with Gasteiger partial charge in [0.25, 0.3) is 5.91 Å². The highest BCUT2D eigenvalue weighted by Gasteiger charge is 2.28. The van der Waals surface area contributed by atoms with E-state index < -0.39 is 0 Å². The average molecular weight is 286 g/mol. The third kappa shape index (κ3) is 3.51. The van der Waals surface area contributed by atoms with E-state index in [0.29, 0.717) is 23.6 Å². The van der Waals surface area contributed by atoms with E-state index in [0.717, 1.165) is 5.56 Å². The molecule has 0 aliphatic rings. The molecule has 1 aromatic heterocycles. The molecule has 0 aliphatic heterocycles. The standard InChI is InChI=1S/C17H22N2O2/c1-11-6-8-13(9-7-11)10-18-16(20)14-12(2)21-19-15(14)17(3,4)5/h6-9H,10H2,1-5H3,(H,18,20). The van der Waals surface area contributed by atoms with E-state index in [1.54, 1.807) is 6.92 Å². The number of hydrogen-bond donors (Lipinski definition) is 1. The molecule has 1 aromatic carbocycles. The molecular formula is C17H22N2O2. The Kier molecular flexibility index (Phi) is 4.16. The van der Waals surface area contributed by atoms with Crippen LogP contribution in [0.4, 0.5) is 0 Å². The lowest BCUT2D eigenvalue weighted by Crippen LogP contribution is -2.27. The Labute approximate surface area is 125 Å². The zero-order valence-electron chi connectivity index (χ0n) is 13.3. The van der Waals surface area contributed by atoms with E-state index in [2.05, 4.69) is 10.5 Å². The molecule has 1 heterocycles. The zero-order chi connectivity index (χ0) is 15.6. The largest absolute Gasteiger partial charge is 0.361 e. The monoisotopic (exact) mass is 286 g/mol. The molecule has 2 aromatic rings. The number of carbonyl (C=O) groups excluding carboxylic acids is 1. The summed E-state index contributed by atoms with van der Waals surface area (Å²) in [6.07, 6.45) is 0. The summed E-state index contributed by atoms with van der Waals surface area (Å²) in [4.78, 5) is 12.4. The van der Waals surface area contributed by atoms with Crippen molar-refractivity contribution in [2.75, 3.05) is 0 Å². The van der Waals surface area contributed by atoms with Crippen LogP contribution in [-0.4, -0.2) is 11.1 Å². The van der Waals surface area contributed by atoms with E-state index >= 15 is 0 Å². The maximum atomic E-state index is 12.4. The Morgan fingerprint density at radius 2 is 1.81 bits per heavy atom. The van der Waals surface area contributed by atoms with Crippen molar-refractivity contribution >= 4 is 5.91 Å². The molecule has 112 valence electrons. The van der Waals surface area contributed by atoms with Gasteiger partial charge in [0, 0.05) is 12.0 Å². The number of amides is 1. The number of nitrogens with zero attached hydrogens (tertiary/aromatic N) is 1. The topological polar surface area (TPSA) is 55.1 Å². The highest BCUT2D eigenvalue weighted by Crippen LogP contribution is 2.26. The Bertz CT molecular complexity index is 634. The molecule has 0 saturated carbocycles. The molecule has 1 amide bonds. The van der Waals surface area contributed by atoms with Crippen LogP contribution in [0.5, 0.6) is 0 Å². The number of carbonyl (C=O) groups is 1. The van der Waals surface area contributed by atoms with E-state index in [-0.39, 0.29) is 11.3 Å². The summed E-state index contributed by atoms with van der Waals surface area (Å²) in [5.41, 5.74) is 3.29. The van der Waals surface area contributed by atoms with Crippen molar-refractivity contribution < 1.29 is 9.32 Å². The summed E-state index contributed by atoms with van der Waals surface area (Å²) in [6.45, 7) is 10.3. The minimum Gasteiger partial charge on any atom is -0.361 e. The predicted octanol–water partition coefficient (Wildman–Crippen LogP) is 3.52. The lowest BCUT2D eigenvalue weighted by Gasteiger charge is -2.16. The number of benzene rings is 1. The molecule has 0 saturated heterocycles. The second-order valence-corrected chi connectivity index (χ2v) is 6.38. The molecule has 2 rings (SSSR count). The van der Waals surface area contributed by atoms with E-state index in [4.69, 9.17) is 4.52 Å². The van der Waals surface area contributed by atoms with Crippen LogP contribution in [0.1, 0.15) is 53.7 Å². The summed E-state index contributed by atoms with van der Waals surface area (Å²) < 4.78 is 5.20. The minimum atomic E-state index is -0.228. The first-order valence-corrected chi connectivity index (χ1v) is 7.09. The fourth-order valence-electron chi connectivity index (χ4n) is 2.13. The van der Waals surface area contributed by atoms with Gasteiger partial charge in [0.2, 0.25) is 0 Å². The van der Waals surface area contributed by atoms with Crippen molar-refractivity contribution in [3.05, 3.63) is 52.4 Å². The van der Waals surface area contributed by atoms with Crippen LogP contribution < -0.4 is 5.32 Å². The second-order valence-electron chi connectivity index (χ2n) is 6.38. The predicted molar refractivity (Wildman–Crippen MR) is 82.3 cm³/mol. The molecule has 4 heteroatoms. The van der Waals surface area contributed by atoms with Gasteiger partial charge in [-0.3, -0.25) is 4.79 Å². The fraction of sp³-hybridized carbons (Fsp3) is 0.412. The molecule has 21 heavy (non-hydrogen) atoms. The van der Waals surface area contributed by atoms with Gasteiger partial charge in [-0.25, -0.2) is 0 Å². The summed E-state index contributed by atoms with van der Waals surface area (Å²) in [6, 6.07) is 8.10. The van der Waals surface area contributed by atoms with Crippen molar-refractivity contribution in [2.45, 2.75) is 46.6 Å². The van der Waals surface area contributed by atoms with Crippen molar-refractivity contribution in [3.63, 3.8) is 0 Å². The first-order chi connectivity index (χ1) is 9.79. The quantitative estimate of drug-likeness (QED) is 0.939. The SMILES string of the molecule is Cc1ccc(CNC(=O)c2c(C(C)(C)C)noc2C)cc1. The van der Waals surface area contributed by atoms with Gasteiger partial charge in [-0.1, -0.05) is 55.8 Å². The summed E-state index contributed by atoms with van der Waals surface area (Å²) in [5, 5.41) is 6.97. The van der Waals surface area contributed by atoms with Gasteiger partial charge >= 0.3 is 0 Å². The van der Waals surface area contributed by atoms with Crippen molar-refractivity contribution in [1.29, 1.82) is 0 Å². The number of nitrogens with one attached hydrogen (secondary N) is 1. The summed E-state index contributed by atoms with van der Waals surface area (Å²) in [7, 11) is 0. The van der Waals surface area contributed by atoms with Crippen LogP contribution in [0.3, 0.4) is 0 Å². The molecule has 0 unspecified atom stereocenters. The third-order valence-electron chi connectivity index (χ3n) is 3.37. The van der Waals surface area contributed by atoms with Crippen LogP contribution >= 0.6 is 0 Å². The average Bonchev–Trinajstić information content (AvgIpc) is 2.80. The normalized spacial score (nSPS) is 11.5. The molecule has 0 fully saturated rings. The number of hydrogen-bond acceptors (Lipinski definition) is 3. The van der Waals surface area contributed by atoms with E-state index in [1.165, 1.54) is 5.56 Å². The van der Waals surface area contributed by atoms with E-state index in [9.17, 15) is 4.79 Å². The summed E-state index contributed by atoms with van der Waals surface area (Å²) in [5.74, 6) is 0.417. The van der Waals surface area contributed by atoms with Gasteiger partial charge in [-0.15, -0.1) is 0 Å². The maximum absolute atomic E-state index is 12.4. The molecule has 0 aliphatic carbocycles. The Balaban J connectivity index is 2.14. The van der Waals surface area contributed by atoms with Gasteiger partial charge in [0.1, 0.15) is 17.0 Å². The highest BCUT2D eigenvalue weighted by molar-refractivity contribution is 5.96. The lowest BCUT2D eigenvalue weighted by atomic mass is 9.88. The van der Waals surface area contributed by atoms with Crippen molar-refractivity contribution in [3.8, 4) is 0 Å². The molecule has 4 nitrogen and oxygen atoms in total. The molecule has 0 radical (unpaired) electrons. The third-order valence-corrected chi connectivity index (χ3v) is 3.37. The number of aromatic nitrogens is 1. The van der Waals surface area contributed by atoms with Gasteiger partial charge in [0.05, 0.1) is 0 Å². The first-order valence-electron chi connectivity index (χ1n) is 7.09.